The predicted octanol–water partition coefficient (Wildman–Crippen LogP) is 2.09. The summed E-state index contributed by atoms with van der Waals surface area (Å²) in [6, 6.07) is 2.04. The Hall–Kier alpha value is -2.04. The molecule has 0 aliphatic heterocycles. The first kappa shape index (κ1) is 11.4. The van der Waals surface area contributed by atoms with Gasteiger partial charge in [0.1, 0.15) is 5.65 Å². The number of fused-ring (bicyclic) bond motifs is 1. The molecule has 0 fully saturated rings. The summed E-state index contributed by atoms with van der Waals surface area (Å²) in [6.45, 7) is 4.02. The summed E-state index contributed by atoms with van der Waals surface area (Å²) in [5, 5.41) is 13.1. The summed E-state index contributed by atoms with van der Waals surface area (Å²) >= 11 is 0. The molecule has 0 unspecified atom stereocenters. The minimum atomic E-state index is -0.935. The first-order valence-corrected chi connectivity index (χ1v) is 5.44. The van der Waals surface area contributed by atoms with Gasteiger partial charge in [-0.2, -0.15) is 0 Å². The molecule has 0 radical (unpaired) electrons. The third-order valence-electron chi connectivity index (χ3n) is 2.53. The SMILES string of the molecule is CC(C)Nc1ccnc2c1c(C(=O)O)cn2C. The Morgan fingerprint density at radius 1 is 1.53 bits per heavy atom. The standard InChI is InChI=1S/C12H15N3O2/c1-7(2)14-9-4-5-13-11-10(9)8(12(16)17)6-15(11)3/h4-7H,1-3H3,(H,13,14)(H,16,17). The van der Waals surface area contributed by atoms with Gasteiger partial charge in [0.15, 0.2) is 0 Å². The van der Waals surface area contributed by atoms with E-state index in [2.05, 4.69) is 10.3 Å². The Morgan fingerprint density at radius 2 is 2.24 bits per heavy atom. The van der Waals surface area contributed by atoms with Gasteiger partial charge in [-0.3, -0.25) is 0 Å². The van der Waals surface area contributed by atoms with E-state index in [1.54, 1.807) is 30.1 Å². The Morgan fingerprint density at radius 3 is 2.82 bits per heavy atom. The molecule has 5 nitrogen and oxygen atoms in total. The molecule has 0 amide bonds. The number of aromatic carboxylic acids is 1. The van der Waals surface area contributed by atoms with Crippen LogP contribution in [0.2, 0.25) is 0 Å². The maximum absolute atomic E-state index is 11.2. The minimum absolute atomic E-state index is 0.238. The van der Waals surface area contributed by atoms with Crippen LogP contribution in [-0.4, -0.2) is 26.7 Å². The van der Waals surface area contributed by atoms with E-state index in [9.17, 15) is 9.90 Å². The zero-order valence-electron chi connectivity index (χ0n) is 10.1. The number of hydrogen-bond acceptors (Lipinski definition) is 3. The van der Waals surface area contributed by atoms with Crippen molar-refractivity contribution in [1.82, 2.24) is 9.55 Å². The predicted molar refractivity (Wildman–Crippen MR) is 66.4 cm³/mol. The highest BCUT2D eigenvalue weighted by Gasteiger charge is 2.17. The number of pyridine rings is 1. The lowest BCUT2D eigenvalue weighted by Gasteiger charge is -2.11. The van der Waals surface area contributed by atoms with Crippen molar-refractivity contribution in [1.29, 1.82) is 0 Å². The molecule has 2 aromatic rings. The second-order valence-electron chi connectivity index (χ2n) is 4.31. The van der Waals surface area contributed by atoms with Crippen LogP contribution in [0.5, 0.6) is 0 Å². The quantitative estimate of drug-likeness (QED) is 0.851. The Kier molecular flexibility index (Phi) is 2.75. The molecule has 17 heavy (non-hydrogen) atoms. The van der Waals surface area contributed by atoms with E-state index in [-0.39, 0.29) is 11.6 Å². The van der Waals surface area contributed by atoms with E-state index in [1.165, 1.54) is 0 Å². The summed E-state index contributed by atoms with van der Waals surface area (Å²) < 4.78 is 1.73. The molecule has 0 aliphatic rings. The Balaban J connectivity index is 2.72. The number of carboxylic acids is 1. The molecule has 2 N–H and O–H groups in total. The summed E-state index contributed by atoms with van der Waals surface area (Å²) in [7, 11) is 1.79. The second-order valence-corrected chi connectivity index (χ2v) is 4.31. The maximum atomic E-state index is 11.2. The molecule has 0 saturated heterocycles. The van der Waals surface area contributed by atoms with Crippen LogP contribution in [0.3, 0.4) is 0 Å². The van der Waals surface area contributed by atoms with Crippen molar-refractivity contribution in [3.05, 3.63) is 24.0 Å². The number of aromatic nitrogens is 2. The van der Waals surface area contributed by atoms with Crippen LogP contribution in [0.1, 0.15) is 24.2 Å². The van der Waals surface area contributed by atoms with Gasteiger partial charge in [0.05, 0.1) is 10.9 Å². The molecule has 0 atom stereocenters. The van der Waals surface area contributed by atoms with Crippen LogP contribution in [0.15, 0.2) is 18.5 Å². The fraction of sp³-hybridized carbons (Fsp3) is 0.333. The van der Waals surface area contributed by atoms with Crippen LogP contribution in [-0.2, 0) is 7.05 Å². The molecule has 0 spiro atoms. The molecule has 0 saturated carbocycles. The van der Waals surface area contributed by atoms with Gasteiger partial charge in [0.25, 0.3) is 0 Å². The molecule has 0 aromatic carbocycles. The summed E-state index contributed by atoms with van der Waals surface area (Å²) in [5.41, 5.74) is 1.76. The van der Waals surface area contributed by atoms with Crippen molar-refractivity contribution in [3.8, 4) is 0 Å². The van der Waals surface area contributed by atoms with Gasteiger partial charge >= 0.3 is 5.97 Å². The van der Waals surface area contributed by atoms with Crippen molar-refractivity contribution >= 4 is 22.7 Å². The molecule has 5 heteroatoms. The van der Waals surface area contributed by atoms with Crippen LogP contribution in [0.25, 0.3) is 11.0 Å². The lowest BCUT2D eigenvalue weighted by Crippen LogP contribution is -2.10. The van der Waals surface area contributed by atoms with Crippen molar-refractivity contribution < 1.29 is 9.90 Å². The average molecular weight is 233 g/mol. The smallest absolute Gasteiger partial charge is 0.338 e. The highest BCUT2D eigenvalue weighted by atomic mass is 16.4. The van der Waals surface area contributed by atoms with E-state index < -0.39 is 5.97 Å². The van der Waals surface area contributed by atoms with Crippen LogP contribution < -0.4 is 5.32 Å². The molecular weight excluding hydrogens is 218 g/mol. The highest BCUT2D eigenvalue weighted by molar-refractivity contribution is 6.07. The third kappa shape index (κ3) is 1.95. The van der Waals surface area contributed by atoms with E-state index >= 15 is 0 Å². The van der Waals surface area contributed by atoms with E-state index in [0.717, 1.165) is 5.69 Å². The van der Waals surface area contributed by atoms with Gasteiger partial charge in [-0.25, -0.2) is 9.78 Å². The topological polar surface area (TPSA) is 67.2 Å². The van der Waals surface area contributed by atoms with Gasteiger partial charge < -0.3 is 15.0 Å². The van der Waals surface area contributed by atoms with Gasteiger partial charge in [0, 0.05) is 31.2 Å². The molecule has 0 aliphatic carbocycles. The lowest BCUT2D eigenvalue weighted by molar-refractivity contribution is 0.0699. The van der Waals surface area contributed by atoms with Gasteiger partial charge in [-0.1, -0.05) is 0 Å². The number of carboxylic acid groups (broad SMARTS) is 1. The largest absolute Gasteiger partial charge is 0.478 e. The number of aryl methyl sites for hydroxylation is 1. The van der Waals surface area contributed by atoms with Crippen molar-refractivity contribution in [3.63, 3.8) is 0 Å². The fourth-order valence-electron chi connectivity index (χ4n) is 1.90. The Bertz CT molecular complexity index is 572. The van der Waals surface area contributed by atoms with Crippen molar-refractivity contribution in [2.45, 2.75) is 19.9 Å². The van der Waals surface area contributed by atoms with Gasteiger partial charge in [-0.15, -0.1) is 0 Å². The van der Waals surface area contributed by atoms with E-state index in [4.69, 9.17) is 0 Å². The minimum Gasteiger partial charge on any atom is -0.478 e. The number of carbonyl (C=O) groups is 1. The van der Waals surface area contributed by atoms with Crippen molar-refractivity contribution in [2.75, 3.05) is 5.32 Å². The normalized spacial score (nSPS) is 11.1. The number of hydrogen-bond donors (Lipinski definition) is 2. The molecule has 2 heterocycles. The van der Waals surface area contributed by atoms with Gasteiger partial charge in [-0.05, 0) is 19.9 Å². The van der Waals surface area contributed by atoms with Gasteiger partial charge in [0.2, 0.25) is 0 Å². The molecule has 2 aromatic heterocycles. The first-order valence-electron chi connectivity index (χ1n) is 5.44. The Labute approximate surface area is 99.1 Å². The summed E-state index contributed by atoms with van der Waals surface area (Å²) in [5.74, 6) is -0.935. The van der Waals surface area contributed by atoms with Crippen LogP contribution in [0.4, 0.5) is 5.69 Å². The highest BCUT2D eigenvalue weighted by Crippen LogP contribution is 2.27. The summed E-state index contributed by atoms with van der Waals surface area (Å²) in [4.78, 5) is 15.4. The van der Waals surface area contributed by atoms with Crippen LogP contribution >= 0.6 is 0 Å². The number of anilines is 1. The van der Waals surface area contributed by atoms with E-state index in [1.807, 2.05) is 13.8 Å². The second kappa shape index (κ2) is 4.08. The molecule has 90 valence electrons. The first-order chi connectivity index (χ1) is 8.00. The third-order valence-corrected chi connectivity index (χ3v) is 2.53. The zero-order valence-corrected chi connectivity index (χ0v) is 10.1. The van der Waals surface area contributed by atoms with E-state index in [0.29, 0.717) is 11.0 Å². The average Bonchev–Trinajstić information content (AvgIpc) is 2.57. The molecule has 2 rings (SSSR count). The van der Waals surface area contributed by atoms with Crippen LogP contribution in [0, 0.1) is 0 Å². The number of nitrogens with one attached hydrogen (secondary N) is 1. The van der Waals surface area contributed by atoms with Crippen molar-refractivity contribution in [2.24, 2.45) is 7.05 Å². The summed E-state index contributed by atoms with van der Waals surface area (Å²) in [6.07, 6.45) is 3.27. The fourth-order valence-corrected chi connectivity index (χ4v) is 1.90. The zero-order chi connectivity index (χ0) is 12.6. The monoisotopic (exact) mass is 233 g/mol. The lowest BCUT2D eigenvalue weighted by atomic mass is 10.2. The maximum Gasteiger partial charge on any atom is 0.338 e. The number of rotatable bonds is 3. The number of nitrogens with zero attached hydrogens (tertiary/aromatic N) is 2. The molecular formula is C12H15N3O2. The molecule has 0 bridgehead atoms.